The highest BCUT2D eigenvalue weighted by Gasteiger charge is 2.32. The molecule has 0 bridgehead atoms. The number of amides is 2. The Morgan fingerprint density at radius 1 is 0.966 bits per heavy atom. The van der Waals surface area contributed by atoms with E-state index in [1.54, 1.807) is 22.9 Å². The van der Waals surface area contributed by atoms with Gasteiger partial charge in [0, 0.05) is 32.1 Å². The molecule has 29 heavy (non-hydrogen) atoms. The Morgan fingerprint density at radius 2 is 1.66 bits per heavy atom. The summed E-state index contributed by atoms with van der Waals surface area (Å²) in [6.45, 7) is 2.91. The number of aromatic nitrogens is 2. The lowest BCUT2D eigenvalue weighted by molar-refractivity contribution is -0.137. The van der Waals surface area contributed by atoms with Crippen LogP contribution in [0.4, 0.5) is 0 Å². The topological polar surface area (TPSA) is 67.7 Å². The van der Waals surface area contributed by atoms with Crippen molar-refractivity contribution in [2.24, 2.45) is 5.92 Å². The largest absolute Gasteiger partial charge is 0.493 e. The summed E-state index contributed by atoms with van der Waals surface area (Å²) in [5, 5.41) is 4.48. The molecule has 3 heterocycles. The molecule has 2 fully saturated rings. The first-order chi connectivity index (χ1) is 14.2. The number of carbonyl (C=O) groups is 2. The maximum absolute atomic E-state index is 13.1. The summed E-state index contributed by atoms with van der Waals surface area (Å²) in [6, 6.07) is 9.65. The van der Waals surface area contributed by atoms with Crippen molar-refractivity contribution >= 4 is 11.8 Å². The normalized spacial score (nSPS) is 18.0. The van der Waals surface area contributed by atoms with Gasteiger partial charge in [-0.1, -0.05) is 18.2 Å². The van der Waals surface area contributed by atoms with Crippen molar-refractivity contribution < 1.29 is 14.3 Å². The lowest BCUT2D eigenvalue weighted by Gasteiger charge is -2.35. The van der Waals surface area contributed by atoms with E-state index in [1.165, 1.54) is 6.42 Å². The van der Waals surface area contributed by atoms with Gasteiger partial charge in [0.15, 0.2) is 11.4 Å². The number of hydrogen-bond donors (Lipinski definition) is 0. The minimum absolute atomic E-state index is 0.0286. The molecule has 7 heteroatoms. The average Bonchev–Trinajstić information content (AvgIpc) is 3.24. The van der Waals surface area contributed by atoms with E-state index in [4.69, 9.17) is 4.74 Å². The highest BCUT2D eigenvalue weighted by Crippen LogP contribution is 2.26. The molecule has 0 aliphatic carbocycles. The number of carbonyl (C=O) groups excluding carboxylic acids is 2. The first-order valence-electron chi connectivity index (χ1n) is 10.4. The van der Waals surface area contributed by atoms with Crippen LogP contribution in [0.3, 0.4) is 0 Å². The Bertz CT molecular complexity index is 850. The molecule has 2 aliphatic rings. The first-order valence-corrected chi connectivity index (χ1v) is 10.4. The summed E-state index contributed by atoms with van der Waals surface area (Å²) >= 11 is 0. The van der Waals surface area contributed by atoms with Crippen molar-refractivity contribution in [2.75, 3.05) is 33.3 Å². The zero-order chi connectivity index (χ0) is 20.2. The van der Waals surface area contributed by atoms with Crippen LogP contribution in [0.15, 0.2) is 36.5 Å². The Hall–Kier alpha value is -2.83. The number of methoxy groups -OCH3 is 1. The summed E-state index contributed by atoms with van der Waals surface area (Å²) in [5.41, 5.74) is 1.19. The zero-order valence-electron chi connectivity index (χ0n) is 16.9. The van der Waals surface area contributed by atoms with Crippen LogP contribution < -0.4 is 4.74 Å². The van der Waals surface area contributed by atoms with E-state index in [0.29, 0.717) is 37.4 Å². The molecule has 0 atom stereocenters. The molecule has 4 rings (SSSR count). The minimum Gasteiger partial charge on any atom is -0.493 e. The molecular formula is C22H28N4O3. The quantitative estimate of drug-likeness (QED) is 0.797. The van der Waals surface area contributed by atoms with Crippen LogP contribution in [0.5, 0.6) is 5.75 Å². The number of rotatable bonds is 4. The van der Waals surface area contributed by atoms with Crippen molar-refractivity contribution in [1.29, 1.82) is 0 Å². The standard InChI is InChI=1S/C22H28N4O3/c1-29-19-16-26(18-8-4-2-5-9-18)23-20(19)22(28)25-14-10-17(11-15-25)21(27)24-12-6-3-7-13-24/h2,4-5,8-9,16-17H,3,6-7,10-15H2,1H3. The van der Waals surface area contributed by atoms with E-state index in [2.05, 4.69) is 5.10 Å². The van der Waals surface area contributed by atoms with Crippen LogP contribution in [0.25, 0.3) is 5.69 Å². The molecule has 7 nitrogen and oxygen atoms in total. The third kappa shape index (κ3) is 4.13. The molecule has 0 unspecified atom stereocenters. The van der Waals surface area contributed by atoms with Gasteiger partial charge in [-0.3, -0.25) is 9.59 Å². The van der Waals surface area contributed by atoms with Crippen molar-refractivity contribution in [2.45, 2.75) is 32.1 Å². The van der Waals surface area contributed by atoms with E-state index in [1.807, 2.05) is 35.2 Å². The maximum Gasteiger partial charge on any atom is 0.278 e. The number of benzene rings is 1. The third-order valence-electron chi connectivity index (χ3n) is 5.92. The predicted molar refractivity (Wildman–Crippen MR) is 109 cm³/mol. The lowest BCUT2D eigenvalue weighted by atomic mass is 9.94. The summed E-state index contributed by atoms with van der Waals surface area (Å²) in [7, 11) is 1.55. The minimum atomic E-state index is -0.139. The van der Waals surface area contributed by atoms with E-state index < -0.39 is 0 Å². The second-order valence-electron chi connectivity index (χ2n) is 7.78. The fraction of sp³-hybridized carbons (Fsp3) is 0.500. The Labute approximate surface area is 171 Å². The number of ether oxygens (including phenoxy) is 1. The van der Waals surface area contributed by atoms with Crippen LogP contribution in [0.1, 0.15) is 42.6 Å². The van der Waals surface area contributed by atoms with E-state index >= 15 is 0 Å². The molecule has 0 N–H and O–H groups in total. The van der Waals surface area contributed by atoms with Gasteiger partial charge in [-0.25, -0.2) is 4.68 Å². The molecule has 0 radical (unpaired) electrons. The Kier molecular flexibility index (Phi) is 5.83. The molecule has 0 saturated carbocycles. The van der Waals surface area contributed by atoms with Gasteiger partial charge in [-0.15, -0.1) is 0 Å². The number of piperidine rings is 2. The smallest absolute Gasteiger partial charge is 0.278 e. The highest BCUT2D eigenvalue weighted by atomic mass is 16.5. The SMILES string of the molecule is COc1cn(-c2ccccc2)nc1C(=O)N1CCC(C(=O)N2CCCCC2)CC1. The number of nitrogens with zero attached hydrogens (tertiary/aromatic N) is 4. The van der Waals surface area contributed by atoms with Gasteiger partial charge in [0.1, 0.15) is 0 Å². The molecule has 2 aromatic rings. The molecule has 154 valence electrons. The number of para-hydroxylation sites is 1. The summed E-state index contributed by atoms with van der Waals surface area (Å²) in [5.74, 6) is 0.620. The number of hydrogen-bond acceptors (Lipinski definition) is 4. The van der Waals surface area contributed by atoms with Crippen LogP contribution in [0, 0.1) is 5.92 Å². The molecule has 2 aliphatic heterocycles. The second-order valence-corrected chi connectivity index (χ2v) is 7.78. The number of likely N-dealkylation sites (tertiary alicyclic amines) is 2. The van der Waals surface area contributed by atoms with Gasteiger partial charge in [-0.2, -0.15) is 5.10 Å². The van der Waals surface area contributed by atoms with Crippen molar-refractivity contribution in [3.8, 4) is 11.4 Å². The molecule has 1 aromatic carbocycles. The molecule has 1 aromatic heterocycles. The maximum atomic E-state index is 13.1. The lowest BCUT2D eigenvalue weighted by Crippen LogP contribution is -2.45. The van der Waals surface area contributed by atoms with Gasteiger partial charge in [0.2, 0.25) is 5.91 Å². The monoisotopic (exact) mass is 396 g/mol. The Balaban J connectivity index is 1.42. The van der Waals surface area contributed by atoms with Crippen molar-refractivity contribution in [3.63, 3.8) is 0 Å². The van der Waals surface area contributed by atoms with Gasteiger partial charge in [-0.05, 0) is 44.2 Å². The van der Waals surface area contributed by atoms with Crippen molar-refractivity contribution in [3.05, 3.63) is 42.2 Å². The van der Waals surface area contributed by atoms with Gasteiger partial charge < -0.3 is 14.5 Å². The van der Waals surface area contributed by atoms with Crippen molar-refractivity contribution in [1.82, 2.24) is 19.6 Å². The fourth-order valence-corrected chi connectivity index (χ4v) is 4.22. The Morgan fingerprint density at radius 3 is 2.31 bits per heavy atom. The molecular weight excluding hydrogens is 368 g/mol. The van der Waals surface area contributed by atoms with Crippen LogP contribution in [-0.4, -0.2) is 64.7 Å². The van der Waals surface area contributed by atoms with Gasteiger partial charge in [0.05, 0.1) is 19.0 Å². The highest BCUT2D eigenvalue weighted by molar-refractivity contribution is 5.95. The third-order valence-corrected chi connectivity index (χ3v) is 5.92. The van der Waals surface area contributed by atoms with Crippen LogP contribution in [-0.2, 0) is 4.79 Å². The molecule has 0 spiro atoms. The van der Waals surface area contributed by atoms with E-state index in [0.717, 1.165) is 31.6 Å². The fourth-order valence-electron chi connectivity index (χ4n) is 4.22. The predicted octanol–water partition coefficient (Wildman–Crippen LogP) is 2.75. The van der Waals surface area contributed by atoms with Crippen LogP contribution >= 0.6 is 0 Å². The zero-order valence-corrected chi connectivity index (χ0v) is 16.9. The summed E-state index contributed by atoms with van der Waals surface area (Å²) in [4.78, 5) is 29.6. The summed E-state index contributed by atoms with van der Waals surface area (Å²) < 4.78 is 7.07. The molecule has 2 saturated heterocycles. The van der Waals surface area contributed by atoms with Gasteiger partial charge in [0.25, 0.3) is 5.91 Å². The molecule has 2 amide bonds. The van der Waals surface area contributed by atoms with Gasteiger partial charge >= 0.3 is 0 Å². The van der Waals surface area contributed by atoms with Crippen LogP contribution in [0.2, 0.25) is 0 Å². The van der Waals surface area contributed by atoms with E-state index in [9.17, 15) is 9.59 Å². The van der Waals surface area contributed by atoms with E-state index in [-0.39, 0.29) is 17.7 Å². The average molecular weight is 396 g/mol. The first kappa shape index (κ1) is 19.5. The second kappa shape index (κ2) is 8.68. The summed E-state index contributed by atoms with van der Waals surface area (Å²) in [6.07, 6.45) is 6.58.